The van der Waals surface area contributed by atoms with Gasteiger partial charge in [0.15, 0.2) is 0 Å². The lowest BCUT2D eigenvalue weighted by atomic mass is 9.77. The molecule has 0 bridgehead atoms. The Bertz CT molecular complexity index is 446. The second-order valence-corrected chi connectivity index (χ2v) is 6.00. The summed E-state index contributed by atoms with van der Waals surface area (Å²) in [7, 11) is 0. The third-order valence-electron chi connectivity index (χ3n) is 4.72. The normalized spacial score (nSPS) is 31.1. The SMILES string of the molecule is CC1CCC(C(=O)C2CCc3cccnc32)CC1. The van der Waals surface area contributed by atoms with Crippen molar-refractivity contribution < 1.29 is 4.79 Å². The summed E-state index contributed by atoms with van der Waals surface area (Å²) in [6.07, 6.45) is 8.47. The Morgan fingerprint density at radius 1 is 1.22 bits per heavy atom. The molecule has 0 amide bonds. The van der Waals surface area contributed by atoms with Crippen molar-refractivity contribution in [1.82, 2.24) is 4.98 Å². The van der Waals surface area contributed by atoms with Crippen LogP contribution in [0.3, 0.4) is 0 Å². The maximum Gasteiger partial charge on any atom is 0.145 e. The summed E-state index contributed by atoms with van der Waals surface area (Å²) in [5.74, 6) is 1.68. The molecule has 18 heavy (non-hydrogen) atoms. The monoisotopic (exact) mass is 243 g/mol. The van der Waals surface area contributed by atoms with Crippen LogP contribution in [-0.2, 0) is 11.2 Å². The van der Waals surface area contributed by atoms with Crippen LogP contribution in [0.25, 0.3) is 0 Å². The number of hydrogen-bond donors (Lipinski definition) is 0. The minimum atomic E-state index is 0.0969. The Kier molecular flexibility index (Phi) is 3.19. The summed E-state index contributed by atoms with van der Waals surface area (Å²) in [5.41, 5.74) is 2.36. The molecule has 0 aromatic carbocycles. The van der Waals surface area contributed by atoms with Crippen LogP contribution < -0.4 is 0 Å². The van der Waals surface area contributed by atoms with Crippen molar-refractivity contribution in [3.05, 3.63) is 29.6 Å². The molecule has 2 nitrogen and oxygen atoms in total. The van der Waals surface area contributed by atoms with E-state index in [2.05, 4.69) is 18.0 Å². The van der Waals surface area contributed by atoms with Gasteiger partial charge in [-0.05, 0) is 43.2 Å². The molecule has 0 N–H and O–H groups in total. The van der Waals surface area contributed by atoms with Crippen molar-refractivity contribution >= 4 is 5.78 Å². The highest BCUT2D eigenvalue weighted by atomic mass is 16.1. The van der Waals surface area contributed by atoms with Crippen LogP contribution in [-0.4, -0.2) is 10.8 Å². The number of ketones is 1. The van der Waals surface area contributed by atoms with Gasteiger partial charge >= 0.3 is 0 Å². The van der Waals surface area contributed by atoms with Crippen LogP contribution >= 0.6 is 0 Å². The molecule has 0 saturated heterocycles. The van der Waals surface area contributed by atoms with Crippen molar-refractivity contribution in [2.75, 3.05) is 0 Å². The lowest BCUT2D eigenvalue weighted by molar-refractivity contribution is -0.125. The molecule has 0 spiro atoms. The summed E-state index contributed by atoms with van der Waals surface area (Å²) in [4.78, 5) is 17.1. The summed E-state index contributed by atoms with van der Waals surface area (Å²) < 4.78 is 0. The Hall–Kier alpha value is -1.18. The Balaban J connectivity index is 1.74. The van der Waals surface area contributed by atoms with Crippen LogP contribution in [0.1, 0.15) is 56.2 Å². The molecule has 2 aliphatic rings. The van der Waals surface area contributed by atoms with Crippen molar-refractivity contribution in [1.29, 1.82) is 0 Å². The van der Waals surface area contributed by atoms with E-state index >= 15 is 0 Å². The highest BCUT2D eigenvalue weighted by Gasteiger charge is 2.35. The average Bonchev–Trinajstić information content (AvgIpc) is 2.82. The van der Waals surface area contributed by atoms with Gasteiger partial charge in [-0.25, -0.2) is 0 Å². The Morgan fingerprint density at radius 2 is 2.00 bits per heavy atom. The zero-order valence-corrected chi connectivity index (χ0v) is 11.1. The number of carbonyl (C=O) groups excluding carboxylic acids is 1. The zero-order valence-electron chi connectivity index (χ0n) is 11.1. The minimum absolute atomic E-state index is 0.0969. The molecule has 96 valence electrons. The van der Waals surface area contributed by atoms with Crippen molar-refractivity contribution in [3.8, 4) is 0 Å². The fourth-order valence-electron chi connectivity index (χ4n) is 3.52. The molecular weight excluding hydrogens is 222 g/mol. The van der Waals surface area contributed by atoms with Crippen molar-refractivity contribution in [2.24, 2.45) is 11.8 Å². The van der Waals surface area contributed by atoms with E-state index in [1.807, 2.05) is 12.3 Å². The van der Waals surface area contributed by atoms with Gasteiger partial charge in [-0.3, -0.25) is 9.78 Å². The third-order valence-corrected chi connectivity index (χ3v) is 4.72. The van der Waals surface area contributed by atoms with Gasteiger partial charge in [0.05, 0.1) is 11.6 Å². The predicted octanol–water partition coefficient (Wildman–Crippen LogP) is 3.51. The summed E-state index contributed by atoms with van der Waals surface area (Å²) in [6.45, 7) is 2.30. The number of rotatable bonds is 2. The van der Waals surface area contributed by atoms with E-state index in [4.69, 9.17) is 0 Å². The molecule has 1 aromatic rings. The van der Waals surface area contributed by atoms with Gasteiger partial charge in [0.2, 0.25) is 0 Å². The lowest BCUT2D eigenvalue weighted by Crippen LogP contribution is -2.25. The third kappa shape index (κ3) is 2.09. The number of Topliss-reactive ketones (excluding diaryl/α,β-unsaturated/α-hetero) is 1. The molecule has 1 aromatic heterocycles. The molecule has 2 aliphatic carbocycles. The first-order valence-corrected chi connectivity index (χ1v) is 7.23. The molecule has 0 radical (unpaired) electrons. The first-order chi connectivity index (χ1) is 8.75. The molecule has 3 rings (SSSR count). The molecule has 1 saturated carbocycles. The van der Waals surface area contributed by atoms with Crippen molar-refractivity contribution in [3.63, 3.8) is 0 Å². The largest absolute Gasteiger partial charge is 0.299 e. The van der Waals surface area contributed by atoms with E-state index in [1.165, 1.54) is 18.4 Å². The standard InChI is InChI=1S/C16H21NO/c1-11-4-6-13(7-5-11)16(18)14-9-8-12-3-2-10-17-15(12)14/h2-3,10-11,13-14H,4-9H2,1H3. The summed E-state index contributed by atoms with van der Waals surface area (Å²) in [5, 5.41) is 0. The average molecular weight is 243 g/mol. The molecule has 0 aliphatic heterocycles. The predicted molar refractivity (Wildman–Crippen MR) is 71.4 cm³/mol. The highest BCUT2D eigenvalue weighted by Crippen LogP contribution is 2.38. The smallest absolute Gasteiger partial charge is 0.145 e. The number of nitrogens with zero attached hydrogens (tertiary/aromatic N) is 1. The summed E-state index contributed by atoms with van der Waals surface area (Å²) in [6, 6.07) is 4.10. The van der Waals surface area contributed by atoms with Gasteiger partial charge in [-0.15, -0.1) is 0 Å². The van der Waals surface area contributed by atoms with Crippen LogP contribution in [0.4, 0.5) is 0 Å². The van der Waals surface area contributed by atoms with E-state index in [-0.39, 0.29) is 5.92 Å². The van der Waals surface area contributed by atoms with Gasteiger partial charge < -0.3 is 0 Å². The van der Waals surface area contributed by atoms with Gasteiger partial charge in [0, 0.05) is 12.1 Å². The maximum absolute atomic E-state index is 12.6. The van der Waals surface area contributed by atoms with Crippen LogP contribution in [0, 0.1) is 11.8 Å². The number of fused-ring (bicyclic) bond motifs is 1. The van der Waals surface area contributed by atoms with E-state index < -0.39 is 0 Å². The zero-order chi connectivity index (χ0) is 12.5. The quantitative estimate of drug-likeness (QED) is 0.795. The fraction of sp³-hybridized carbons (Fsp3) is 0.625. The number of hydrogen-bond acceptors (Lipinski definition) is 2. The number of carbonyl (C=O) groups is 1. The van der Waals surface area contributed by atoms with E-state index in [0.717, 1.165) is 37.3 Å². The number of aryl methyl sites for hydroxylation is 1. The van der Waals surface area contributed by atoms with Crippen molar-refractivity contribution in [2.45, 2.75) is 51.4 Å². The van der Waals surface area contributed by atoms with Gasteiger partial charge in [-0.2, -0.15) is 0 Å². The van der Waals surface area contributed by atoms with Crippen LogP contribution in [0.5, 0.6) is 0 Å². The first-order valence-electron chi connectivity index (χ1n) is 7.23. The topological polar surface area (TPSA) is 30.0 Å². The van der Waals surface area contributed by atoms with Gasteiger partial charge in [0.25, 0.3) is 0 Å². The van der Waals surface area contributed by atoms with E-state index in [0.29, 0.717) is 11.7 Å². The van der Waals surface area contributed by atoms with E-state index in [9.17, 15) is 4.79 Å². The molecule has 2 heteroatoms. The Labute approximate surface area is 109 Å². The van der Waals surface area contributed by atoms with Crippen LogP contribution in [0.2, 0.25) is 0 Å². The molecular formula is C16H21NO. The molecule has 1 atom stereocenters. The summed E-state index contributed by atoms with van der Waals surface area (Å²) >= 11 is 0. The maximum atomic E-state index is 12.6. The lowest BCUT2D eigenvalue weighted by Gasteiger charge is -2.27. The minimum Gasteiger partial charge on any atom is -0.299 e. The Morgan fingerprint density at radius 3 is 2.78 bits per heavy atom. The van der Waals surface area contributed by atoms with Gasteiger partial charge in [0.1, 0.15) is 5.78 Å². The molecule has 1 fully saturated rings. The second-order valence-electron chi connectivity index (χ2n) is 6.00. The molecule has 1 unspecified atom stereocenters. The molecule has 1 heterocycles. The number of pyridine rings is 1. The number of aromatic nitrogens is 1. The highest BCUT2D eigenvalue weighted by molar-refractivity contribution is 5.88. The van der Waals surface area contributed by atoms with E-state index in [1.54, 1.807) is 0 Å². The van der Waals surface area contributed by atoms with Gasteiger partial charge in [-0.1, -0.05) is 25.8 Å². The first kappa shape index (κ1) is 11.9. The fourth-order valence-corrected chi connectivity index (χ4v) is 3.52. The second kappa shape index (κ2) is 4.83. The van der Waals surface area contributed by atoms with Crippen LogP contribution in [0.15, 0.2) is 18.3 Å².